The topological polar surface area (TPSA) is 105 Å². The third kappa shape index (κ3) is 4.62. The van der Waals surface area contributed by atoms with Crippen LogP contribution >= 0.6 is 0 Å². The highest BCUT2D eigenvalue weighted by Gasteiger charge is 2.16. The molecule has 9 heteroatoms. The summed E-state index contributed by atoms with van der Waals surface area (Å²) in [6.45, 7) is 1.73. The number of halogens is 1. The molecule has 0 bridgehead atoms. The second-order valence-corrected chi connectivity index (χ2v) is 7.14. The molecule has 0 fully saturated rings. The first-order valence-electron chi connectivity index (χ1n) is 9.96. The first-order valence-corrected chi connectivity index (χ1v) is 9.96. The van der Waals surface area contributed by atoms with Crippen molar-refractivity contribution in [2.24, 2.45) is 0 Å². The summed E-state index contributed by atoms with van der Waals surface area (Å²) in [5.41, 5.74) is 1.74. The lowest BCUT2D eigenvalue weighted by molar-refractivity contribution is 0.102. The summed E-state index contributed by atoms with van der Waals surface area (Å²) in [4.78, 5) is 17.2. The number of aliphatic hydroxyl groups is 1. The third-order valence-corrected chi connectivity index (χ3v) is 4.81. The number of nitrogens with zero attached hydrogens (tertiary/aromatic N) is 4. The van der Waals surface area contributed by atoms with Crippen LogP contribution in [0.25, 0.3) is 11.5 Å². The average Bonchev–Trinajstić information content (AvgIpc) is 3.31. The minimum Gasteiger partial charge on any atom is -0.394 e. The minimum absolute atomic E-state index is 0.0892. The molecule has 4 rings (SSSR count). The molecular weight excluding hydrogens is 411 g/mol. The summed E-state index contributed by atoms with van der Waals surface area (Å²) in [7, 11) is 0. The molecule has 1 atom stereocenters. The van der Waals surface area contributed by atoms with Crippen LogP contribution in [0.15, 0.2) is 73.1 Å². The van der Waals surface area contributed by atoms with Crippen molar-refractivity contribution in [3.8, 4) is 11.5 Å². The van der Waals surface area contributed by atoms with Gasteiger partial charge >= 0.3 is 0 Å². The molecular formula is C23H21FN6O2. The van der Waals surface area contributed by atoms with Gasteiger partial charge in [0.05, 0.1) is 18.2 Å². The molecule has 0 saturated carbocycles. The van der Waals surface area contributed by atoms with Gasteiger partial charge in [0.15, 0.2) is 5.82 Å². The quantitative estimate of drug-likeness (QED) is 0.407. The SMILES string of the molecule is C[C@H](CO)n1cnnc1-c1cccc(NC(=O)c2cc(Nc3ccccc3)ccc2F)n1. The zero-order valence-electron chi connectivity index (χ0n) is 17.2. The van der Waals surface area contributed by atoms with Crippen molar-refractivity contribution in [1.82, 2.24) is 19.7 Å². The summed E-state index contributed by atoms with van der Waals surface area (Å²) in [6.07, 6.45) is 1.50. The molecule has 0 saturated heterocycles. The predicted molar refractivity (Wildman–Crippen MR) is 119 cm³/mol. The Morgan fingerprint density at radius 2 is 1.91 bits per heavy atom. The Hall–Kier alpha value is -4.11. The Morgan fingerprint density at radius 1 is 1.09 bits per heavy atom. The number of pyridine rings is 1. The Kier molecular flexibility index (Phi) is 6.18. The number of para-hydroxylation sites is 1. The van der Waals surface area contributed by atoms with Gasteiger partial charge in [0.25, 0.3) is 5.91 Å². The molecule has 0 aliphatic carbocycles. The molecule has 4 aromatic rings. The standard InChI is InChI=1S/C23H21FN6O2/c1-15(13-31)30-14-25-29-22(30)20-8-5-9-21(27-20)28-23(32)18-12-17(10-11-19(18)24)26-16-6-3-2-4-7-16/h2-12,14-15,26,31H,13H2,1H3,(H,27,28,32)/t15-/m1/s1. The second kappa shape index (κ2) is 9.36. The van der Waals surface area contributed by atoms with E-state index in [1.165, 1.54) is 18.5 Å². The number of hydrogen-bond donors (Lipinski definition) is 3. The number of aromatic nitrogens is 4. The fraction of sp³-hybridized carbons (Fsp3) is 0.130. The van der Waals surface area contributed by atoms with Crippen molar-refractivity contribution in [3.63, 3.8) is 0 Å². The van der Waals surface area contributed by atoms with Gasteiger partial charge in [-0.1, -0.05) is 24.3 Å². The third-order valence-electron chi connectivity index (χ3n) is 4.81. The number of carbonyl (C=O) groups is 1. The molecule has 0 radical (unpaired) electrons. The zero-order chi connectivity index (χ0) is 22.5. The van der Waals surface area contributed by atoms with Crippen LogP contribution in [0, 0.1) is 5.82 Å². The van der Waals surface area contributed by atoms with Crippen LogP contribution in [0.3, 0.4) is 0 Å². The molecule has 3 N–H and O–H groups in total. The molecule has 32 heavy (non-hydrogen) atoms. The number of aliphatic hydroxyl groups excluding tert-OH is 1. The van der Waals surface area contributed by atoms with Gasteiger partial charge in [-0.3, -0.25) is 4.79 Å². The summed E-state index contributed by atoms with van der Waals surface area (Å²) in [6, 6.07) is 18.4. The van der Waals surface area contributed by atoms with Crippen LogP contribution in [-0.2, 0) is 0 Å². The van der Waals surface area contributed by atoms with E-state index in [1.807, 2.05) is 37.3 Å². The summed E-state index contributed by atoms with van der Waals surface area (Å²) < 4.78 is 16.1. The molecule has 0 spiro atoms. The van der Waals surface area contributed by atoms with E-state index < -0.39 is 11.7 Å². The fourth-order valence-electron chi connectivity index (χ4n) is 3.11. The van der Waals surface area contributed by atoms with Crippen LogP contribution in [0.4, 0.5) is 21.6 Å². The number of carbonyl (C=O) groups excluding carboxylic acids is 1. The van der Waals surface area contributed by atoms with E-state index in [2.05, 4.69) is 25.8 Å². The van der Waals surface area contributed by atoms with E-state index in [9.17, 15) is 14.3 Å². The first kappa shape index (κ1) is 21.1. The van der Waals surface area contributed by atoms with Crippen molar-refractivity contribution in [1.29, 1.82) is 0 Å². The van der Waals surface area contributed by atoms with E-state index in [1.54, 1.807) is 28.8 Å². The van der Waals surface area contributed by atoms with Gasteiger partial charge in [0.2, 0.25) is 0 Å². The van der Waals surface area contributed by atoms with Gasteiger partial charge in [0, 0.05) is 11.4 Å². The van der Waals surface area contributed by atoms with Crippen LogP contribution < -0.4 is 10.6 Å². The smallest absolute Gasteiger partial charge is 0.259 e. The number of rotatable bonds is 7. The van der Waals surface area contributed by atoms with Crippen molar-refractivity contribution >= 4 is 23.1 Å². The highest BCUT2D eigenvalue weighted by atomic mass is 19.1. The number of nitrogens with one attached hydrogen (secondary N) is 2. The fourth-order valence-corrected chi connectivity index (χ4v) is 3.11. The van der Waals surface area contributed by atoms with Gasteiger partial charge in [-0.15, -0.1) is 10.2 Å². The maximum atomic E-state index is 14.4. The van der Waals surface area contributed by atoms with Crippen LogP contribution in [0.5, 0.6) is 0 Å². The van der Waals surface area contributed by atoms with Crippen molar-refractivity contribution in [2.75, 3.05) is 17.2 Å². The number of anilines is 3. The van der Waals surface area contributed by atoms with E-state index in [0.29, 0.717) is 17.2 Å². The van der Waals surface area contributed by atoms with E-state index in [0.717, 1.165) is 5.69 Å². The molecule has 0 aliphatic heterocycles. The Labute approximate surface area is 183 Å². The molecule has 162 valence electrons. The van der Waals surface area contributed by atoms with Gasteiger partial charge in [-0.05, 0) is 49.4 Å². The molecule has 2 heterocycles. The van der Waals surface area contributed by atoms with Gasteiger partial charge < -0.3 is 20.3 Å². The lowest BCUT2D eigenvalue weighted by Gasteiger charge is -2.13. The van der Waals surface area contributed by atoms with Gasteiger partial charge in [-0.2, -0.15) is 0 Å². The van der Waals surface area contributed by atoms with Crippen molar-refractivity contribution < 1.29 is 14.3 Å². The maximum absolute atomic E-state index is 14.4. The predicted octanol–water partition coefficient (Wildman–Crippen LogP) is 4.03. The van der Waals surface area contributed by atoms with Crippen molar-refractivity contribution in [2.45, 2.75) is 13.0 Å². The van der Waals surface area contributed by atoms with Crippen LogP contribution in [-0.4, -0.2) is 37.4 Å². The molecule has 0 aliphatic rings. The number of hydrogen-bond acceptors (Lipinski definition) is 6. The zero-order valence-corrected chi connectivity index (χ0v) is 17.2. The maximum Gasteiger partial charge on any atom is 0.259 e. The molecule has 2 aromatic carbocycles. The summed E-state index contributed by atoms with van der Waals surface area (Å²) >= 11 is 0. The summed E-state index contributed by atoms with van der Waals surface area (Å²) in [5.74, 6) is -0.592. The molecule has 1 amide bonds. The first-order chi connectivity index (χ1) is 15.5. The Morgan fingerprint density at radius 3 is 2.69 bits per heavy atom. The number of benzene rings is 2. The Bertz CT molecular complexity index is 1230. The average molecular weight is 432 g/mol. The number of amides is 1. The van der Waals surface area contributed by atoms with E-state index >= 15 is 0 Å². The largest absolute Gasteiger partial charge is 0.394 e. The molecule has 8 nitrogen and oxygen atoms in total. The highest BCUT2D eigenvalue weighted by molar-refractivity contribution is 6.04. The lowest BCUT2D eigenvalue weighted by atomic mass is 10.1. The van der Waals surface area contributed by atoms with Gasteiger partial charge in [-0.25, -0.2) is 9.37 Å². The Balaban J connectivity index is 1.55. The highest BCUT2D eigenvalue weighted by Crippen LogP contribution is 2.22. The minimum atomic E-state index is -0.645. The van der Waals surface area contributed by atoms with Crippen LogP contribution in [0.1, 0.15) is 23.3 Å². The van der Waals surface area contributed by atoms with Crippen molar-refractivity contribution in [3.05, 3.63) is 84.4 Å². The van der Waals surface area contributed by atoms with E-state index in [-0.39, 0.29) is 24.0 Å². The van der Waals surface area contributed by atoms with Gasteiger partial charge in [0.1, 0.15) is 23.7 Å². The lowest BCUT2D eigenvalue weighted by Crippen LogP contribution is -2.15. The molecule has 0 unspecified atom stereocenters. The second-order valence-electron chi connectivity index (χ2n) is 7.14. The van der Waals surface area contributed by atoms with E-state index in [4.69, 9.17) is 0 Å². The monoisotopic (exact) mass is 432 g/mol. The summed E-state index contributed by atoms with van der Waals surface area (Å²) in [5, 5.41) is 23.1. The normalized spacial score (nSPS) is 11.7. The van der Waals surface area contributed by atoms with Crippen LogP contribution in [0.2, 0.25) is 0 Å². The molecule has 2 aromatic heterocycles.